The average molecular weight is 1340 g/mol. The standard InChI is InChI=1S/2C50H30O/c1-3-14-37-32(11-1)13-9-21-40(37)48-43-18-7-5-16-41(43)47(42-17-6-8-19-44(42)48)35-26-24-31-23-25-34(29-36(31)30-35)39-20-10-22-45-50(39)49-38-15-4-2-12-33(38)27-28-46(49)51-45;1-2-12-34-28-36(24-21-31(34)10-1)47-41-14-5-7-16-43(41)48(44-17-8-6-15-42(44)47)37-25-22-32-20-23-35(29-38(32)30-37)40-18-9-19-45-50(40)49-39-13-4-3-11-33(39)26-27-46(49)51-45/h2*1-30H/i1D,2D,3D,4D,5D,6D,7D,8D,9D,10D,11D,12D,13D,14D,15D,16D,17D,18D,19D,20D,21D,22D,23D,24D,25D,26D,27D,28D,29D,30D;1D,2D,5D,6D,7D,8D,10D,12D,14D,15D,16D,17D,21D,24D,28D. The lowest BCUT2D eigenvalue weighted by Gasteiger charge is -2.19. The van der Waals surface area contributed by atoms with Crippen LogP contribution >= 0.6 is 0 Å². The molecule has 0 radical (unpaired) electrons. The SMILES string of the molecule is [2H]c1c([2H])c(-c2c([2H])c([2H])c3c([2H])c([2H])c(-c4c5c([2H])c([2H])c([2H])c([2H])c5c(-c5c([2H])c([2H])c([2H])c6c([2H])c([2H])c([2H])c([2H])c56)c5c([2H])c([2H])c([2H])c([2H])c45)c([2H])c3c2[2H])c2c(oc3c([2H])c([2H])c4c([2H])c([2H])c([2H])c([2H])c4c32)c1[2H].[2H]c1c([2H])c([2H])c2c([2H])c(-c3c4c([2H])c([2H])c([2H])c([2H])c4c(-c4ccc5ccc(-c6cccc7oc8ccc9ccccc9c8c67)cc5c4)c4c([2H])c([2H])c([2H])c([2H])c34)c([2H])c([2H])c2c1[2H]. The van der Waals surface area contributed by atoms with Gasteiger partial charge in [0.05, 0.1) is 61.7 Å². The Morgan fingerprint density at radius 2 is 0.627 bits per heavy atom. The summed E-state index contributed by atoms with van der Waals surface area (Å²) < 4.78 is 420. The first-order valence-corrected chi connectivity index (χ1v) is 31.5. The number of furan rings is 2. The van der Waals surface area contributed by atoms with Crippen LogP contribution in [0, 0.1) is 0 Å². The minimum atomic E-state index is -1.08. The van der Waals surface area contributed by atoms with Gasteiger partial charge in [-0.3, -0.25) is 0 Å². The molecule has 2 aromatic heterocycles. The fourth-order valence-electron chi connectivity index (χ4n) is 13.9. The molecule has 0 spiro atoms. The quantitative estimate of drug-likeness (QED) is 0.155. The van der Waals surface area contributed by atoms with Crippen molar-refractivity contribution in [2.45, 2.75) is 0 Å². The normalized spacial score (nSPS) is 18.1. The third-order valence-corrected chi connectivity index (χ3v) is 18.3. The lowest BCUT2D eigenvalue weighted by Crippen LogP contribution is -1.91. The van der Waals surface area contributed by atoms with E-state index in [-0.39, 0.29) is 32.7 Å². The van der Waals surface area contributed by atoms with E-state index in [9.17, 15) is 24.7 Å². The molecular formula is C100H60O2. The van der Waals surface area contributed by atoms with Crippen molar-refractivity contribution in [1.82, 2.24) is 0 Å². The van der Waals surface area contributed by atoms with Crippen LogP contribution in [0.4, 0.5) is 0 Å². The lowest BCUT2D eigenvalue weighted by atomic mass is 9.84. The van der Waals surface area contributed by atoms with Gasteiger partial charge in [-0.1, -0.05) is 308 Å². The van der Waals surface area contributed by atoms with Crippen molar-refractivity contribution < 1.29 is 70.5 Å². The summed E-state index contributed by atoms with van der Waals surface area (Å²) in [4.78, 5) is 0. The molecule has 0 amide bonds. The Morgan fingerprint density at radius 1 is 0.186 bits per heavy atom. The fourth-order valence-corrected chi connectivity index (χ4v) is 13.9. The molecule has 0 unspecified atom stereocenters. The van der Waals surface area contributed by atoms with Crippen molar-refractivity contribution in [3.05, 3.63) is 363 Å². The van der Waals surface area contributed by atoms with Gasteiger partial charge in [0.25, 0.3) is 0 Å². The van der Waals surface area contributed by atoms with Gasteiger partial charge in [-0.2, -0.15) is 0 Å². The van der Waals surface area contributed by atoms with Crippen LogP contribution in [0.5, 0.6) is 0 Å². The van der Waals surface area contributed by atoms with E-state index in [2.05, 4.69) is 6.07 Å². The molecular weight excluding hydrogens is 1230 g/mol. The Kier molecular flexibility index (Phi) is 6.53. The fraction of sp³-hybridized carbons (Fsp3) is 0. The molecule has 0 aliphatic rings. The topological polar surface area (TPSA) is 26.3 Å². The van der Waals surface area contributed by atoms with Gasteiger partial charge in [0, 0.05) is 21.5 Å². The van der Waals surface area contributed by atoms with Gasteiger partial charge in [-0.05, 0) is 229 Å². The predicted molar refractivity (Wildman–Crippen MR) is 435 cm³/mol. The van der Waals surface area contributed by atoms with E-state index in [4.69, 9.17) is 45.8 Å². The molecule has 472 valence electrons. The molecule has 0 saturated carbocycles. The van der Waals surface area contributed by atoms with Crippen molar-refractivity contribution in [2.24, 2.45) is 0 Å². The van der Waals surface area contributed by atoms with Gasteiger partial charge in [0.15, 0.2) is 0 Å². The largest absolute Gasteiger partial charge is 0.456 e. The van der Waals surface area contributed by atoms with Gasteiger partial charge >= 0.3 is 0 Å². The van der Waals surface area contributed by atoms with E-state index >= 15 is 0 Å². The molecule has 22 rings (SSSR count). The molecule has 0 saturated heterocycles. The third kappa shape index (κ3) is 9.13. The maximum Gasteiger partial charge on any atom is 0.136 e. The first-order chi connectivity index (χ1) is 69.3. The van der Waals surface area contributed by atoms with E-state index in [0.717, 1.165) is 43.6 Å². The van der Waals surface area contributed by atoms with Gasteiger partial charge in [-0.25, -0.2) is 0 Å². The van der Waals surface area contributed by atoms with Crippen LogP contribution in [0.25, 0.3) is 218 Å². The maximum absolute atomic E-state index is 10.1. The predicted octanol–water partition coefficient (Wildman–Crippen LogP) is 28.7. The third-order valence-electron chi connectivity index (χ3n) is 18.3. The molecule has 2 heterocycles. The average Bonchev–Trinajstić information content (AvgIpc) is 1.16. The Hall–Kier alpha value is -13.4. The highest BCUT2D eigenvalue weighted by molar-refractivity contribution is 6.27. The van der Waals surface area contributed by atoms with Gasteiger partial charge in [0.1, 0.15) is 22.3 Å². The van der Waals surface area contributed by atoms with Gasteiger partial charge < -0.3 is 8.83 Å². The Morgan fingerprint density at radius 3 is 1.31 bits per heavy atom. The molecule has 0 fully saturated rings. The van der Waals surface area contributed by atoms with E-state index in [1.165, 1.54) is 0 Å². The highest BCUT2D eigenvalue weighted by Gasteiger charge is 2.23. The number of benzene rings is 20. The summed E-state index contributed by atoms with van der Waals surface area (Å²) in [7, 11) is 0. The summed E-state index contributed by atoms with van der Waals surface area (Å²) in [6.07, 6.45) is 0. The number of hydrogen-bond donors (Lipinski definition) is 0. The molecule has 0 N–H and O–H groups in total. The van der Waals surface area contributed by atoms with E-state index < -0.39 is 397 Å². The maximum atomic E-state index is 10.1. The molecule has 102 heavy (non-hydrogen) atoms. The van der Waals surface area contributed by atoms with Crippen molar-refractivity contribution in [3.8, 4) is 66.8 Å². The number of rotatable bonds is 6. The van der Waals surface area contributed by atoms with E-state index in [1.807, 2.05) is 72.8 Å². The molecule has 0 bridgehead atoms. The first kappa shape index (κ1) is 28.8. The van der Waals surface area contributed by atoms with E-state index in [0.29, 0.717) is 16.5 Å². The molecule has 22 aromatic rings. The zero-order chi connectivity index (χ0) is 106. The summed E-state index contributed by atoms with van der Waals surface area (Å²) in [6.45, 7) is 0. The van der Waals surface area contributed by atoms with Crippen LogP contribution in [-0.4, -0.2) is 0 Å². The highest BCUT2D eigenvalue weighted by Crippen LogP contribution is 2.50. The zero-order valence-electron chi connectivity index (χ0n) is 97.0. The molecule has 2 heteroatoms. The van der Waals surface area contributed by atoms with Crippen LogP contribution in [0.3, 0.4) is 0 Å². The van der Waals surface area contributed by atoms with Crippen LogP contribution < -0.4 is 0 Å². The van der Waals surface area contributed by atoms with Crippen LogP contribution in [-0.2, 0) is 0 Å². The smallest absolute Gasteiger partial charge is 0.136 e. The lowest BCUT2D eigenvalue weighted by molar-refractivity contribution is 0.669. The highest BCUT2D eigenvalue weighted by atomic mass is 16.3. The van der Waals surface area contributed by atoms with Crippen molar-refractivity contribution in [3.63, 3.8) is 0 Å². The van der Waals surface area contributed by atoms with Gasteiger partial charge in [0.2, 0.25) is 0 Å². The van der Waals surface area contributed by atoms with Crippen molar-refractivity contribution in [1.29, 1.82) is 0 Å². The second-order valence-corrected chi connectivity index (χ2v) is 23.7. The number of hydrogen-bond acceptors (Lipinski definition) is 2. The molecule has 20 aromatic carbocycles. The zero-order valence-corrected chi connectivity index (χ0v) is 52.0. The second-order valence-electron chi connectivity index (χ2n) is 23.7. The summed E-state index contributed by atoms with van der Waals surface area (Å²) in [6, 6.07) is -9.18. The molecule has 0 aliphatic carbocycles. The Balaban J connectivity index is 0.000000176. The van der Waals surface area contributed by atoms with E-state index in [1.54, 1.807) is 12.1 Å². The first-order valence-electron chi connectivity index (χ1n) is 54.0. The van der Waals surface area contributed by atoms with Gasteiger partial charge in [-0.15, -0.1) is 0 Å². The van der Waals surface area contributed by atoms with Crippen LogP contribution in [0.2, 0.25) is 0 Å². The Labute approximate surface area is 650 Å². The van der Waals surface area contributed by atoms with Crippen LogP contribution in [0.15, 0.2) is 372 Å². The summed E-state index contributed by atoms with van der Waals surface area (Å²) in [5, 5.41) is -4.25. The van der Waals surface area contributed by atoms with Crippen LogP contribution in [0.1, 0.15) is 61.7 Å². The summed E-state index contributed by atoms with van der Waals surface area (Å²) >= 11 is 0. The Bertz CT molecular complexity index is 9960. The summed E-state index contributed by atoms with van der Waals surface area (Å²) in [5.41, 5.74) is -3.24. The molecule has 0 aliphatic heterocycles. The summed E-state index contributed by atoms with van der Waals surface area (Å²) in [5.74, 6) is 0. The monoisotopic (exact) mass is 1340 g/mol. The number of fused-ring (bicyclic) bond motifs is 18. The molecule has 0 atom stereocenters. The minimum absolute atomic E-state index is 0.0383. The molecule has 2 nitrogen and oxygen atoms in total. The minimum Gasteiger partial charge on any atom is -0.456 e. The van der Waals surface area contributed by atoms with Crippen molar-refractivity contribution in [2.75, 3.05) is 0 Å². The second kappa shape index (κ2) is 23.1. The van der Waals surface area contributed by atoms with Crippen molar-refractivity contribution >= 4 is 152 Å².